The van der Waals surface area contributed by atoms with Crippen molar-refractivity contribution in [1.29, 1.82) is 0 Å². The smallest absolute Gasteiger partial charge is 0.323 e. The van der Waals surface area contributed by atoms with E-state index in [4.69, 9.17) is 4.52 Å². The van der Waals surface area contributed by atoms with Crippen molar-refractivity contribution in [3.8, 4) is 11.5 Å². The number of nitrogens with one attached hydrogen (secondary N) is 2. The lowest BCUT2D eigenvalue weighted by Crippen LogP contribution is -1.99. The second kappa shape index (κ2) is 4.33. The standard InChI is InChI=1S/C14H14N4O2/c19-14-15-10-7-3-6-9(11(10)16-14)13-17-12(18-20-13)8-4-1-2-5-8/h3,6-8H,1-2,4-5H2,(H2,15,16,19). The van der Waals surface area contributed by atoms with Gasteiger partial charge in [-0.05, 0) is 25.0 Å². The van der Waals surface area contributed by atoms with Gasteiger partial charge in [-0.1, -0.05) is 24.1 Å². The molecule has 0 spiro atoms. The molecule has 0 saturated heterocycles. The van der Waals surface area contributed by atoms with Gasteiger partial charge >= 0.3 is 5.69 Å². The van der Waals surface area contributed by atoms with Gasteiger partial charge in [0.05, 0.1) is 16.6 Å². The quantitative estimate of drug-likeness (QED) is 0.749. The summed E-state index contributed by atoms with van der Waals surface area (Å²) in [5.74, 6) is 1.66. The molecule has 6 heteroatoms. The number of H-pyrrole nitrogens is 2. The number of benzene rings is 1. The summed E-state index contributed by atoms with van der Waals surface area (Å²) in [5.41, 5.74) is 1.98. The van der Waals surface area contributed by atoms with Crippen molar-refractivity contribution in [1.82, 2.24) is 20.1 Å². The first-order valence-electron chi connectivity index (χ1n) is 6.86. The van der Waals surface area contributed by atoms with E-state index in [1.165, 1.54) is 12.8 Å². The first-order valence-corrected chi connectivity index (χ1v) is 6.86. The molecule has 0 bridgehead atoms. The second-order valence-corrected chi connectivity index (χ2v) is 5.25. The Morgan fingerprint density at radius 3 is 2.90 bits per heavy atom. The molecule has 3 aromatic rings. The van der Waals surface area contributed by atoms with Crippen LogP contribution in [-0.4, -0.2) is 20.1 Å². The molecule has 20 heavy (non-hydrogen) atoms. The van der Waals surface area contributed by atoms with Crippen LogP contribution in [-0.2, 0) is 0 Å². The van der Waals surface area contributed by atoms with Crippen LogP contribution in [0.25, 0.3) is 22.5 Å². The van der Waals surface area contributed by atoms with Crippen molar-refractivity contribution in [3.63, 3.8) is 0 Å². The molecule has 0 atom stereocenters. The van der Waals surface area contributed by atoms with Gasteiger partial charge < -0.3 is 14.5 Å². The summed E-state index contributed by atoms with van der Waals surface area (Å²) < 4.78 is 5.38. The molecular weight excluding hydrogens is 256 g/mol. The highest BCUT2D eigenvalue weighted by atomic mass is 16.5. The number of hydrogen-bond donors (Lipinski definition) is 2. The minimum Gasteiger partial charge on any atom is -0.334 e. The maximum absolute atomic E-state index is 11.4. The van der Waals surface area contributed by atoms with Crippen molar-refractivity contribution in [2.45, 2.75) is 31.6 Å². The van der Waals surface area contributed by atoms with Crippen LogP contribution in [0.3, 0.4) is 0 Å². The highest BCUT2D eigenvalue weighted by Gasteiger charge is 2.23. The molecule has 1 aliphatic carbocycles. The first-order chi connectivity index (χ1) is 9.81. The number of rotatable bonds is 2. The molecule has 102 valence electrons. The topological polar surface area (TPSA) is 87.6 Å². The van der Waals surface area contributed by atoms with Gasteiger partial charge in [-0.3, -0.25) is 0 Å². The van der Waals surface area contributed by atoms with Crippen LogP contribution >= 0.6 is 0 Å². The molecule has 2 N–H and O–H groups in total. The Bertz CT molecular complexity index is 808. The van der Waals surface area contributed by atoms with Gasteiger partial charge in [0.2, 0.25) is 0 Å². The molecule has 0 amide bonds. The second-order valence-electron chi connectivity index (χ2n) is 5.25. The van der Waals surface area contributed by atoms with Gasteiger partial charge in [-0.2, -0.15) is 4.98 Å². The third-order valence-corrected chi connectivity index (χ3v) is 3.94. The average molecular weight is 270 g/mol. The molecule has 6 nitrogen and oxygen atoms in total. The number of para-hydroxylation sites is 1. The van der Waals surface area contributed by atoms with Crippen LogP contribution in [0.4, 0.5) is 0 Å². The molecule has 1 aromatic carbocycles. The number of aromatic amines is 2. The van der Waals surface area contributed by atoms with Crippen molar-refractivity contribution in [2.75, 3.05) is 0 Å². The summed E-state index contributed by atoms with van der Waals surface area (Å²) >= 11 is 0. The molecule has 0 unspecified atom stereocenters. The van der Waals surface area contributed by atoms with Gasteiger partial charge in [0.1, 0.15) is 0 Å². The van der Waals surface area contributed by atoms with Crippen LogP contribution in [0.5, 0.6) is 0 Å². The fourth-order valence-electron chi connectivity index (χ4n) is 2.93. The highest BCUT2D eigenvalue weighted by Crippen LogP contribution is 2.34. The predicted molar refractivity (Wildman–Crippen MR) is 73.4 cm³/mol. The van der Waals surface area contributed by atoms with E-state index >= 15 is 0 Å². The van der Waals surface area contributed by atoms with E-state index in [1.807, 2.05) is 18.2 Å². The summed E-state index contributed by atoms with van der Waals surface area (Å²) in [6, 6.07) is 5.57. The Hall–Kier alpha value is -2.37. The maximum atomic E-state index is 11.4. The molecule has 2 heterocycles. The van der Waals surface area contributed by atoms with Crippen molar-refractivity contribution in [3.05, 3.63) is 34.5 Å². The van der Waals surface area contributed by atoms with Gasteiger partial charge in [-0.25, -0.2) is 4.79 Å². The monoisotopic (exact) mass is 270 g/mol. The molecular formula is C14H14N4O2. The van der Waals surface area contributed by atoms with E-state index in [1.54, 1.807) is 0 Å². The number of fused-ring (bicyclic) bond motifs is 1. The van der Waals surface area contributed by atoms with E-state index in [0.717, 1.165) is 29.7 Å². The number of nitrogens with zero attached hydrogens (tertiary/aromatic N) is 2. The molecule has 1 fully saturated rings. The number of hydrogen-bond acceptors (Lipinski definition) is 4. The van der Waals surface area contributed by atoms with Crippen LogP contribution in [0, 0.1) is 0 Å². The zero-order valence-corrected chi connectivity index (χ0v) is 10.8. The third kappa shape index (κ3) is 1.76. The molecule has 1 saturated carbocycles. The normalized spacial score (nSPS) is 16.2. The predicted octanol–water partition coefficient (Wildman–Crippen LogP) is 2.56. The van der Waals surface area contributed by atoms with Crippen molar-refractivity contribution in [2.24, 2.45) is 0 Å². The number of aromatic nitrogens is 4. The summed E-state index contributed by atoms with van der Waals surface area (Å²) in [4.78, 5) is 21.4. The fourth-order valence-corrected chi connectivity index (χ4v) is 2.93. The molecule has 4 rings (SSSR count). The molecule has 1 aliphatic rings. The average Bonchev–Trinajstić information content (AvgIpc) is 3.17. The van der Waals surface area contributed by atoms with Crippen molar-refractivity contribution >= 4 is 11.0 Å². The Labute approximate surface area is 114 Å². The van der Waals surface area contributed by atoms with E-state index < -0.39 is 0 Å². The zero-order valence-electron chi connectivity index (χ0n) is 10.8. The summed E-state index contributed by atoms with van der Waals surface area (Å²) in [5, 5.41) is 4.10. The Balaban J connectivity index is 1.80. The lowest BCUT2D eigenvalue weighted by atomic mass is 10.1. The lowest BCUT2D eigenvalue weighted by molar-refractivity contribution is 0.416. The summed E-state index contributed by atoms with van der Waals surface area (Å²) in [6.07, 6.45) is 4.72. The minimum absolute atomic E-state index is 0.233. The van der Waals surface area contributed by atoms with Gasteiger partial charge in [0.25, 0.3) is 5.89 Å². The van der Waals surface area contributed by atoms with Gasteiger partial charge in [-0.15, -0.1) is 0 Å². The van der Waals surface area contributed by atoms with Crippen LogP contribution in [0.2, 0.25) is 0 Å². The highest BCUT2D eigenvalue weighted by molar-refractivity contribution is 5.89. The largest absolute Gasteiger partial charge is 0.334 e. The Kier molecular flexibility index (Phi) is 2.48. The molecule has 0 radical (unpaired) electrons. The minimum atomic E-state index is -0.233. The van der Waals surface area contributed by atoms with E-state index in [-0.39, 0.29) is 5.69 Å². The first kappa shape index (κ1) is 11.5. The Morgan fingerprint density at radius 2 is 2.05 bits per heavy atom. The third-order valence-electron chi connectivity index (χ3n) is 3.94. The summed E-state index contributed by atoms with van der Waals surface area (Å²) in [7, 11) is 0. The SMILES string of the molecule is O=c1[nH]c2cccc(-c3nc(C4CCCC4)no3)c2[nH]1. The van der Waals surface area contributed by atoms with E-state index in [2.05, 4.69) is 20.1 Å². The van der Waals surface area contributed by atoms with E-state index in [9.17, 15) is 4.79 Å². The van der Waals surface area contributed by atoms with Crippen LogP contribution < -0.4 is 5.69 Å². The molecule has 0 aliphatic heterocycles. The van der Waals surface area contributed by atoms with Gasteiger partial charge in [0, 0.05) is 5.92 Å². The van der Waals surface area contributed by atoms with E-state index in [0.29, 0.717) is 17.3 Å². The van der Waals surface area contributed by atoms with Gasteiger partial charge in [0.15, 0.2) is 5.82 Å². The van der Waals surface area contributed by atoms with Crippen molar-refractivity contribution < 1.29 is 4.52 Å². The molecule has 2 aromatic heterocycles. The Morgan fingerprint density at radius 1 is 1.20 bits per heavy atom. The fraction of sp³-hybridized carbons (Fsp3) is 0.357. The maximum Gasteiger partial charge on any atom is 0.323 e. The lowest BCUT2D eigenvalue weighted by Gasteiger charge is -1.99. The zero-order chi connectivity index (χ0) is 13.5. The van der Waals surface area contributed by atoms with Crippen LogP contribution in [0.15, 0.2) is 27.5 Å². The summed E-state index contributed by atoms with van der Waals surface area (Å²) in [6.45, 7) is 0. The van der Waals surface area contributed by atoms with Crippen LogP contribution in [0.1, 0.15) is 37.4 Å². The number of imidazole rings is 1.